The van der Waals surface area contributed by atoms with Gasteiger partial charge >= 0.3 is 5.97 Å². The number of carboxylic acid groups (broad SMARTS) is 1. The van der Waals surface area contributed by atoms with Crippen molar-refractivity contribution >= 4 is 11.7 Å². The van der Waals surface area contributed by atoms with Crippen LogP contribution in [0.4, 0.5) is 5.69 Å². The molecule has 0 aliphatic carbocycles. The van der Waals surface area contributed by atoms with Crippen LogP contribution in [0, 0.1) is 10.1 Å². The van der Waals surface area contributed by atoms with Crippen LogP contribution >= 0.6 is 0 Å². The van der Waals surface area contributed by atoms with Crippen LogP contribution in [0.3, 0.4) is 0 Å². The first-order valence-corrected chi connectivity index (χ1v) is 5.47. The molecule has 6 nitrogen and oxygen atoms in total. The van der Waals surface area contributed by atoms with Gasteiger partial charge in [0.25, 0.3) is 5.69 Å². The Kier molecular flexibility index (Phi) is 2.82. The van der Waals surface area contributed by atoms with Crippen LogP contribution in [0.5, 0.6) is 0 Å². The summed E-state index contributed by atoms with van der Waals surface area (Å²) in [7, 11) is 0. The predicted octanol–water partition coefficient (Wildman–Crippen LogP) is 2.07. The Balaban J connectivity index is 2.53. The number of hydrogen-bond acceptors (Lipinski definition) is 4. The van der Waals surface area contributed by atoms with Gasteiger partial charge in [0.05, 0.1) is 17.1 Å². The van der Waals surface area contributed by atoms with Crippen molar-refractivity contribution < 1.29 is 19.6 Å². The summed E-state index contributed by atoms with van der Waals surface area (Å²) in [6, 6.07) is 4.22. The number of fused-ring (bicyclic) bond motifs is 1. The Labute approximate surface area is 103 Å². The molecule has 96 valence electrons. The molecule has 1 unspecified atom stereocenters. The zero-order valence-corrected chi connectivity index (χ0v) is 10.0. The number of nitro groups is 1. The average molecular weight is 251 g/mol. The molecule has 1 N–H and O–H groups in total. The molecule has 0 saturated carbocycles. The third-order valence-electron chi connectivity index (χ3n) is 3.19. The minimum Gasteiger partial charge on any atom is -0.481 e. The lowest BCUT2D eigenvalue weighted by Gasteiger charge is -2.37. The molecule has 0 saturated heterocycles. The Morgan fingerprint density at radius 3 is 2.78 bits per heavy atom. The standard InChI is InChI=1S/C12H13NO5/c1-12(2)10(11(14)15)9-4-3-8(13(16)17)5-7(9)6-18-12/h3-5,10H,6H2,1-2H3,(H,14,15). The first-order chi connectivity index (χ1) is 8.33. The fourth-order valence-corrected chi connectivity index (χ4v) is 2.26. The summed E-state index contributed by atoms with van der Waals surface area (Å²) in [6.45, 7) is 3.60. The van der Waals surface area contributed by atoms with E-state index in [1.165, 1.54) is 18.2 Å². The van der Waals surface area contributed by atoms with E-state index in [1.807, 2.05) is 0 Å². The van der Waals surface area contributed by atoms with Crippen LogP contribution in [0.2, 0.25) is 0 Å². The maximum absolute atomic E-state index is 11.3. The fraction of sp³-hybridized carbons (Fsp3) is 0.417. The molecule has 0 radical (unpaired) electrons. The first-order valence-electron chi connectivity index (χ1n) is 5.47. The van der Waals surface area contributed by atoms with Crippen LogP contribution in [0.25, 0.3) is 0 Å². The summed E-state index contributed by atoms with van der Waals surface area (Å²) >= 11 is 0. The Bertz CT molecular complexity index is 523. The van der Waals surface area contributed by atoms with Crippen LogP contribution in [-0.2, 0) is 16.1 Å². The highest BCUT2D eigenvalue weighted by molar-refractivity contribution is 5.79. The predicted molar refractivity (Wildman–Crippen MR) is 62.3 cm³/mol. The van der Waals surface area contributed by atoms with E-state index in [-0.39, 0.29) is 12.3 Å². The lowest BCUT2D eigenvalue weighted by atomic mass is 9.80. The summed E-state index contributed by atoms with van der Waals surface area (Å²) in [5.74, 6) is -1.81. The number of benzene rings is 1. The number of aliphatic carboxylic acids is 1. The average Bonchev–Trinajstić information content (AvgIpc) is 2.26. The van der Waals surface area contributed by atoms with E-state index in [4.69, 9.17) is 4.74 Å². The van der Waals surface area contributed by atoms with Crippen LogP contribution in [0.15, 0.2) is 18.2 Å². The van der Waals surface area contributed by atoms with Crippen molar-refractivity contribution in [2.24, 2.45) is 0 Å². The monoisotopic (exact) mass is 251 g/mol. The first kappa shape index (κ1) is 12.5. The molecule has 1 aliphatic rings. The number of hydrogen-bond donors (Lipinski definition) is 1. The second-order valence-electron chi connectivity index (χ2n) is 4.80. The molecule has 1 aliphatic heterocycles. The van der Waals surface area contributed by atoms with Crippen molar-refractivity contribution in [3.05, 3.63) is 39.4 Å². The number of non-ortho nitro benzene ring substituents is 1. The molecule has 0 fully saturated rings. The molecular formula is C12H13NO5. The van der Waals surface area contributed by atoms with Crippen molar-refractivity contribution in [1.82, 2.24) is 0 Å². The summed E-state index contributed by atoms with van der Waals surface area (Å²) in [4.78, 5) is 21.5. The molecule has 0 spiro atoms. The molecule has 2 rings (SSSR count). The Morgan fingerprint density at radius 2 is 2.22 bits per heavy atom. The van der Waals surface area contributed by atoms with Gasteiger partial charge in [-0.3, -0.25) is 14.9 Å². The topological polar surface area (TPSA) is 89.7 Å². The van der Waals surface area contributed by atoms with E-state index in [9.17, 15) is 20.0 Å². The van der Waals surface area contributed by atoms with Crippen molar-refractivity contribution in [3.8, 4) is 0 Å². The number of ether oxygens (including phenoxy) is 1. The van der Waals surface area contributed by atoms with Crippen LogP contribution in [-0.4, -0.2) is 21.6 Å². The lowest BCUT2D eigenvalue weighted by molar-refractivity contribution is -0.385. The van der Waals surface area contributed by atoms with Gasteiger partial charge in [-0.05, 0) is 25.0 Å². The summed E-state index contributed by atoms with van der Waals surface area (Å²) in [5.41, 5.74) is 0.274. The van der Waals surface area contributed by atoms with Crippen molar-refractivity contribution in [1.29, 1.82) is 0 Å². The summed E-state index contributed by atoms with van der Waals surface area (Å²) in [6.07, 6.45) is 0. The normalized spacial score (nSPS) is 21.1. The van der Waals surface area contributed by atoms with Gasteiger partial charge in [0.1, 0.15) is 5.92 Å². The third kappa shape index (κ3) is 1.95. The number of nitrogens with zero attached hydrogens (tertiary/aromatic N) is 1. The van der Waals surface area contributed by atoms with Gasteiger partial charge in [0, 0.05) is 12.1 Å². The van der Waals surface area contributed by atoms with E-state index in [0.717, 1.165) is 0 Å². The molecular weight excluding hydrogens is 238 g/mol. The fourth-order valence-electron chi connectivity index (χ4n) is 2.26. The minimum atomic E-state index is -0.991. The smallest absolute Gasteiger partial charge is 0.313 e. The maximum atomic E-state index is 11.3. The molecule has 18 heavy (non-hydrogen) atoms. The van der Waals surface area contributed by atoms with Crippen molar-refractivity contribution in [2.45, 2.75) is 32.0 Å². The number of carbonyl (C=O) groups is 1. The minimum absolute atomic E-state index is 0.0544. The van der Waals surface area contributed by atoms with Gasteiger partial charge in [-0.2, -0.15) is 0 Å². The van der Waals surface area contributed by atoms with E-state index in [1.54, 1.807) is 13.8 Å². The quantitative estimate of drug-likeness (QED) is 0.642. The van der Waals surface area contributed by atoms with Crippen molar-refractivity contribution in [3.63, 3.8) is 0 Å². The molecule has 1 heterocycles. The maximum Gasteiger partial charge on any atom is 0.313 e. The second-order valence-corrected chi connectivity index (χ2v) is 4.80. The largest absolute Gasteiger partial charge is 0.481 e. The van der Waals surface area contributed by atoms with E-state index in [2.05, 4.69) is 0 Å². The number of rotatable bonds is 2. The molecule has 6 heteroatoms. The molecule has 0 aromatic heterocycles. The van der Waals surface area contributed by atoms with Crippen molar-refractivity contribution in [2.75, 3.05) is 0 Å². The molecule has 1 aromatic carbocycles. The second kappa shape index (κ2) is 4.06. The zero-order chi connectivity index (χ0) is 13.5. The highest BCUT2D eigenvalue weighted by atomic mass is 16.6. The highest BCUT2D eigenvalue weighted by Crippen LogP contribution is 2.39. The van der Waals surface area contributed by atoms with Crippen LogP contribution in [0.1, 0.15) is 30.9 Å². The van der Waals surface area contributed by atoms with Gasteiger partial charge < -0.3 is 9.84 Å². The van der Waals surface area contributed by atoms with Gasteiger partial charge in [-0.25, -0.2) is 0 Å². The zero-order valence-electron chi connectivity index (χ0n) is 10.0. The van der Waals surface area contributed by atoms with Gasteiger partial charge in [0.15, 0.2) is 0 Å². The van der Waals surface area contributed by atoms with E-state index < -0.39 is 22.4 Å². The molecule has 0 bridgehead atoms. The number of nitro benzene ring substituents is 1. The highest BCUT2D eigenvalue weighted by Gasteiger charge is 2.42. The van der Waals surface area contributed by atoms with E-state index in [0.29, 0.717) is 11.1 Å². The summed E-state index contributed by atoms with van der Waals surface area (Å²) < 4.78 is 5.50. The Hall–Kier alpha value is -1.95. The lowest BCUT2D eigenvalue weighted by Crippen LogP contribution is -2.41. The van der Waals surface area contributed by atoms with Gasteiger partial charge in [0.2, 0.25) is 0 Å². The number of carboxylic acids is 1. The summed E-state index contributed by atoms with van der Waals surface area (Å²) in [5, 5.41) is 20.0. The van der Waals surface area contributed by atoms with E-state index >= 15 is 0 Å². The molecule has 1 aromatic rings. The Morgan fingerprint density at radius 1 is 1.56 bits per heavy atom. The SMILES string of the molecule is CC1(C)OCc2cc([N+](=O)[O-])ccc2C1C(=O)O. The van der Waals surface area contributed by atoms with Crippen LogP contribution < -0.4 is 0 Å². The molecule has 0 amide bonds. The third-order valence-corrected chi connectivity index (χ3v) is 3.19. The molecule has 1 atom stereocenters. The van der Waals surface area contributed by atoms with Gasteiger partial charge in [-0.1, -0.05) is 6.07 Å². The van der Waals surface area contributed by atoms with Gasteiger partial charge in [-0.15, -0.1) is 0 Å².